The zero-order valence-electron chi connectivity index (χ0n) is 10.3. The van der Waals surface area contributed by atoms with Crippen LogP contribution in [0.4, 0.5) is 11.5 Å². The Morgan fingerprint density at radius 3 is 2.68 bits per heavy atom. The van der Waals surface area contributed by atoms with E-state index in [0.29, 0.717) is 25.3 Å². The van der Waals surface area contributed by atoms with Gasteiger partial charge in [-0.2, -0.15) is 0 Å². The molecule has 0 radical (unpaired) electrons. The van der Waals surface area contributed by atoms with Crippen LogP contribution in [-0.4, -0.2) is 59.2 Å². The fraction of sp³-hybridized carbons (Fsp3) is 0.545. The Bertz CT molecular complexity index is 463. The molecular weight excluding hydrogens is 316 g/mol. The third-order valence-corrected chi connectivity index (χ3v) is 3.55. The van der Waals surface area contributed by atoms with Crippen LogP contribution in [0.15, 0.2) is 16.7 Å². The number of piperazine rings is 1. The predicted molar refractivity (Wildman–Crippen MR) is 74.3 cm³/mol. The highest BCUT2D eigenvalue weighted by Gasteiger charge is 2.24. The minimum atomic E-state index is -0.456. The molecule has 0 saturated carbocycles. The highest BCUT2D eigenvalue weighted by atomic mass is 79.9. The van der Waals surface area contributed by atoms with Gasteiger partial charge in [-0.25, -0.2) is 0 Å². The van der Waals surface area contributed by atoms with E-state index in [9.17, 15) is 10.1 Å². The van der Waals surface area contributed by atoms with Crippen molar-refractivity contribution in [1.29, 1.82) is 0 Å². The molecule has 1 N–H and O–H groups in total. The van der Waals surface area contributed by atoms with Crippen LogP contribution in [-0.2, 0) is 0 Å². The van der Waals surface area contributed by atoms with Crippen LogP contribution < -0.4 is 4.90 Å². The maximum absolute atomic E-state index is 11.0. The number of aliphatic hydroxyl groups is 1. The number of pyridine rings is 1. The Morgan fingerprint density at radius 2 is 2.11 bits per heavy atom. The Labute approximate surface area is 119 Å². The van der Waals surface area contributed by atoms with Gasteiger partial charge in [0.05, 0.1) is 11.1 Å². The summed E-state index contributed by atoms with van der Waals surface area (Å²) in [5.74, 6) is -0.112. The zero-order chi connectivity index (χ0) is 13.8. The largest absolute Gasteiger partial charge is 0.395 e. The van der Waals surface area contributed by atoms with Crippen molar-refractivity contribution in [1.82, 2.24) is 9.88 Å². The van der Waals surface area contributed by atoms with E-state index in [0.717, 1.165) is 17.6 Å². The molecule has 1 aliphatic heterocycles. The number of β-amino-alcohol motifs (C(OH)–C–C–N with tert-alkyl or cyclic N) is 1. The second-order valence-electron chi connectivity index (χ2n) is 4.31. The summed E-state index contributed by atoms with van der Waals surface area (Å²) < 4.78 is 0.728. The summed E-state index contributed by atoms with van der Waals surface area (Å²) in [4.78, 5) is 18.5. The van der Waals surface area contributed by atoms with Crippen molar-refractivity contribution in [3.63, 3.8) is 0 Å². The lowest BCUT2D eigenvalue weighted by molar-refractivity contribution is -0.388. The molecule has 0 spiro atoms. The lowest BCUT2D eigenvalue weighted by atomic mass is 10.2. The molecule has 1 aliphatic rings. The number of aliphatic hydroxyl groups excluding tert-OH is 1. The van der Waals surface area contributed by atoms with Crippen molar-refractivity contribution in [3.05, 3.63) is 26.9 Å². The van der Waals surface area contributed by atoms with Crippen LogP contribution in [0.3, 0.4) is 0 Å². The molecule has 2 rings (SSSR count). The molecule has 0 aliphatic carbocycles. The predicted octanol–water partition coefficient (Wildman–Crippen LogP) is 0.867. The maximum Gasteiger partial charge on any atom is 0.387 e. The lowest BCUT2D eigenvalue weighted by Crippen LogP contribution is -2.47. The van der Waals surface area contributed by atoms with Crippen molar-refractivity contribution in [2.24, 2.45) is 0 Å². The summed E-state index contributed by atoms with van der Waals surface area (Å²) in [5.41, 5.74) is 0.544. The number of hydrogen-bond acceptors (Lipinski definition) is 6. The van der Waals surface area contributed by atoms with Gasteiger partial charge in [0.15, 0.2) is 6.20 Å². The average Bonchev–Trinajstić information content (AvgIpc) is 2.39. The Hall–Kier alpha value is -1.25. The number of rotatable bonds is 4. The lowest BCUT2D eigenvalue weighted by Gasteiger charge is -2.35. The highest BCUT2D eigenvalue weighted by molar-refractivity contribution is 9.10. The first-order valence-electron chi connectivity index (χ1n) is 6.00. The summed E-state index contributed by atoms with van der Waals surface area (Å²) in [5, 5.41) is 19.9. The quantitative estimate of drug-likeness (QED) is 0.651. The van der Waals surface area contributed by atoms with Crippen LogP contribution in [0.2, 0.25) is 0 Å². The highest BCUT2D eigenvalue weighted by Crippen LogP contribution is 2.29. The molecular formula is C11H15BrN4O3. The van der Waals surface area contributed by atoms with Crippen molar-refractivity contribution in [2.45, 2.75) is 0 Å². The average molecular weight is 331 g/mol. The first kappa shape index (κ1) is 14.2. The minimum absolute atomic E-state index is 0.112. The topological polar surface area (TPSA) is 82.7 Å². The molecule has 0 unspecified atom stereocenters. The molecule has 0 atom stereocenters. The molecule has 104 valence electrons. The molecule has 0 aromatic carbocycles. The molecule has 0 bridgehead atoms. The van der Waals surface area contributed by atoms with Gasteiger partial charge in [-0.05, 0) is 31.9 Å². The molecule has 7 nitrogen and oxygen atoms in total. The van der Waals surface area contributed by atoms with Gasteiger partial charge in [-0.3, -0.25) is 4.90 Å². The normalized spacial score (nSPS) is 16.6. The third-order valence-electron chi connectivity index (χ3n) is 3.12. The van der Waals surface area contributed by atoms with Gasteiger partial charge < -0.3 is 20.1 Å². The molecule has 8 heteroatoms. The van der Waals surface area contributed by atoms with E-state index in [2.05, 4.69) is 25.8 Å². The van der Waals surface area contributed by atoms with E-state index in [-0.39, 0.29) is 12.4 Å². The maximum atomic E-state index is 11.0. The van der Waals surface area contributed by atoms with Crippen LogP contribution in [0.5, 0.6) is 0 Å². The second kappa shape index (κ2) is 6.27. The van der Waals surface area contributed by atoms with E-state index >= 15 is 0 Å². The second-order valence-corrected chi connectivity index (χ2v) is 5.22. The van der Waals surface area contributed by atoms with Crippen molar-refractivity contribution < 1.29 is 10.0 Å². The first-order valence-corrected chi connectivity index (χ1v) is 6.79. The number of aromatic nitrogens is 1. The fourth-order valence-corrected chi connectivity index (χ4v) is 2.47. The van der Waals surface area contributed by atoms with Gasteiger partial charge in [0.1, 0.15) is 5.69 Å². The van der Waals surface area contributed by atoms with E-state index in [1.807, 2.05) is 4.90 Å². The van der Waals surface area contributed by atoms with Crippen LogP contribution in [0.1, 0.15) is 0 Å². The Kier molecular flexibility index (Phi) is 4.67. The van der Waals surface area contributed by atoms with Crippen LogP contribution >= 0.6 is 15.9 Å². The Morgan fingerprint density at radius 1 is 1.42 bits per heavy atom. The molecule has 1 saturated heterocycles. The molecule has 1 fully saturated rings. The third kappa shape index (κ3) is 3.40. The van der Waals surface area contributed by atoms with Crippen LogP contribution in [0.25, 0.3) is 0 Å². The summed E-state index contributed by atoms with van der Waals surface area (Å²) in [6.07, 6.45) is 1.43. The van der Waals surface area contributed by atoms with Gasteiger partial charge in [0.2, 0.25) is 0 Å². The number of hydrogen-bond donors (Lipinski definition) is 1. The van der Waals surface area contributed by atoms with Crippen molar-refractivity contribution in [3.8, 4) is 0 Å². The summed E-state index contributed by atoms with van der Waals surface area (Å²) in [6.45, 7) is 3.73. The zero-order valence-corrected chi connectivity index (χ0v) is 11.9. The summed E-state index contributed by atoms with van der Waals surface area (Å²) >= 11 is 3.29. The van der Waals surface area contributed by atoms with E-state index in [1.54, 1.807) is 6.07 Å². The van der Waals surface area contributed by atoms with E-state index in [4.69, 9.17) is 5.11 Å². The van der Waals surface area contributed by atoms with Crippen LogP contribution in [0, 0.1) is 10.1 Å². The standard InChI is InChI=1S/C11H15BrN4O3/c12-9-7-10(11(13-8-9)16(18)19)15-3-1-14(2-4-15)5-6-17/h7-8,17H,1-6H2. The monoisotopic (exact) mass is 330 g/mol. The van der Waals surface area contributed by atoms with Crippen molar-refractivity contribution >= 4 is 27.4 Å². The molecule has 19 heavy (non-hydrogen) atoms. The van der Waals surface area contributed by atoms with Gasteiger partial charge in [-0.1, -0.05) is 0 Å². The van der Waals surface area contributed by atoms with E-state index in [1.165, 1.54) is 6.20 Å². The molecule has 1 aromatic rings. The smallest absolute Gasteiger partial charge is 0.387 e. The molecule has 1 aromatic heterocycles. The van der Waals surface area contributed by atoms with Gasteiger partial charge in [0, 0.05) is 32.7 Å². The van der Waals surface area contributed by atoms with Crippen molar-refractivity contribution in [2.75, 3.05) is 44.2 Å². The SMILES string of the molecule is O=[N+]([O-])c1ncc(Br)cc1N1CCN(CCO)CC1. The van der Waals surface area contributed by atoms with Gasteiger partial charge in [0.25, 0.3) is 0 Å². The first-order chi connectivity index (χ1) is 9.11. The fourth-order valence-electron chi connectivity index (χ4n) is 2.15. The number of anilines is 1. The number of nitro groups is 1. The number of nitrogens with zero attached hydrogens (tertiary/aromatic N) is 4. The summed E-state index contributed by atoms with van der Waals surface area (Å²) in [6, 6.07) is 1.73. The summed E-state index contributed by atoms with van der Waals surface area (Å²) in [7, 11) is 0. The Balaban J connectivity index is 2.14. The number of halogens is 1. The minimum Gasteiger partial charge on any atom is -0.395 e. The van der Waals surface area contributed by atoms with E-state index < -0.39 is 4.92 Å². The van der Waals surface area contributed by atoms with Gasteiger partial charge in [-0.15, -0.1) is 0 Å². The molecule has 0 amide bonds. The molecule has 2 heterocycles. The van der Waals surface area contributed by atoms with Gasteiger partial charge >= 0.3 is 5.82 Å².